The highest BCUT2D eigenvalue weighted by molar-refractivity contribution is 7.13. The minimum atomic E-state index is 0.396. The SMILES string of the molecule is CN=C(NCCc1csc(N2CCCC2)n1)NCC1(CCOC)CCC1. The highest BCUT2D eigenvalue weighted by atomic mass is 32.1. The normalized spacial score (nSPS) is 19.5. The van der Waals surface area contributed by atoms with Gasteiger partial charge in [0.2, 0.25) is 0 Å². The Morgan fingerprint density at radius 3 is 2.77 bits per heavy atom. The Kier molecular flexibility index (Phi) is 7.14. The van der Waals surface area contributed by atoms with Gasteiger partial charge in [-0.3, -0.25) is 4.99 Å². The first-order chi connectivity index (χ1) is 12.7. The van der Waals surface area contributed by atoms with E-state index >= 15 is 0 Å². The van der Waals surface area contributed by atoms with Crippen molar-refractivity contribution in [1.82, 2.24) is 15.6 Å². The lowest BCUT2D eigenvalue weighted by atomic mass is 9.67. The number of methoxy groups -OCH3 is 1. The predicted molar refractivity (Wildman–Crippen MR) is 109 cm³/mol. The average molecular weight is 380 g/mol. The first kappa shape index (κ1) is 19.4. The van der Waals surface area contributed by atoms with Crippen LogP contribution in [-0.2, 0) is 11.2 Å². The Morgan fingerprint density at radius 2 is 2.12 bits per heavy atom. The number of nitrogens with one attached hydrogen (secondary N) is 2. The van der Waals surface area contributed by atoms with Crippen molar-refractivity contribution < 1.29 is 4.74 Å². The molecule has 2 aliphatic rings. The molecule has 1 aromatic heterocycles. The maximum atomic E-state index is 5.28. The monoisotopic (exact) mass is 379 g/mol. The Morgan fingerprint density at radius 1 is 1.31 bits per heavy atom. The second-order valence-electron chi connectivity index (χ2n) is 7.51. The van der Waals surface area contributed by atoms with Crippen LogP contribution in [-0.4, -0.2) is 57.9 Å². The summed E-state index contributed by atoms with van der Waals surface area (Å²) in [6, 6.07) is 0. The fourth-order valence-electron chi connectivity index (χ4n) is 3.78. The summed E-state index contributed by atoms with van der Waals surface area (Å²) < 4.78 is 5.28. The second-order valence-corrected chi connectivity index (χ2v) is 8.35. The van der Waals surface area contributed by atoms with E-state index in [4.69, 9.17) is 9.72 Å². The number of ether oxygens (including phenoxy) is 1. The Labute approximate surface area is 161 Å². The number of hydrogen-bond acceptors (Lipinski definition) is 5. The largest absolute Gasteiger partial charge is 0.385 e. The highest BCUT2D eigenvalue weighted by Crippen LogP contribution is 2.43. The van der Waals surface area contributed by atoms with Crippen molar-refractivity contribution in [1.29, 1.82) is 0 Å². The Balaban J connectivity index is 1.39. The van der Waals surface area contributed by atoms with E-state index in [0.717, 1.165) is 51.6 Å². The Bertz CT molecular complexity index is 578. The molecular weight excluding hydrogens is 346 g/mol. The lowest BCUT2D eigenvalue weighted by molar-refractivity contribution is 0.0732. The van der Waals surface area contributed by atoms with Crippen LogP contribution in [0.25, 0.3) is 0 Å². The first-order valence-electron chi connectivity index (χ1n) is 9.87. The molecule has 1 aromatic rings. The molecule has 146 valence electrons. The van der Waals surface area contributed by atoms with Gasteiger partial charge in [-0.2, -0.15) is 0 Å². The number of rotatable bonds is 9. The summed E-state index contributed by atoms with van der Waals surface area (Å²) in [4.78, 5) is 11.6. The van der Waals surface area contributed by atoms with Crippen molar-refractivity contribution >= 4 is 22.4 Å². The fourth-order valence-corrected chi connectivity index (χ4v) is 4.69. The molecule has 1 saturated heterocycles. The minimum absolute atomic E-state index is 0.396. The smallest absolute Gasteiger partial charge is 0.191 e. The van der Waals surface area contributed by atoms with Crippen molar-refractivity contribution in [2.24, 2.45) is 10.4 Å². The summed E-state index contributed by atoms with van der Waals surface area (Å²) in [7, 11) is 3.63. The average Bonchev–Trinajstić information content (AvgIpc) is 3.30. The highest BCUT2D eigenvalue weighted by Gasteiger charge is 2.36. The molecule has 0 spiro atoms. The molecule has 2 heterocycles. The van der Waals surface area contributed by atoms with E-state index in [1.54, 1.807) is 18.4 Å². The van der Waals surface area contributed by atoms with Gasteiger partial charge in [0.15, 0.2) is 11.1 Å². The van der Waals surface area contributed by atoms with Crippen LogP contribution >= 0.6 is 11.3 Å². The van der Waals surface area contributed by atoms with Crippen LogP contribution in [0.2, 0.25) is 0 Å². The van der Waals surface area contributed by atoms with Gasteiger partial charge in [-0.05, 0) is 37.5 Å². The maximum Gasteiger partial charge on any atom is 0.191 e. The van der Waals surface area contributed by atoms with Crippen molar-refractivity contribution in [2.75, 3.05) is 51.8 Å². The van der Waals surface area contributed by atoms with Crippen LogP contribution in [0.15, 0.2) is 10.4 Å². The van der Waals surface area contributed by atoms with Crippen LogP contribution in [0, 0.1) is 5.41 Å². The van der Waals surface area contributed by atoms with E-state index in [1.165, 1.54) is 42.9 Å². The number of hydrogen-bond donors (Lipinski definition) is 2. The molecule has 0 aromatic carbocycles. The van der Waals surface area contributed by atoms with Gasteiger partial charge in [-0.1, -0.05) is 6.42 Å². The molecule has 1 saturated carbocycles. The van der Waals surface area contributed by atoms with Crippen molar-refractivity contribution in [3.05, 3.63) is 11.1 Å². The van der Waals surface area contributed by atoms with E-state index in [2.05, 4.69) is 25.9 Å². The molecule has 3 rings (SSSR count). The lowest BCUT2D eigenvalue weighted by Gasteiger charge is -2.42. The third-order valence-electron chi connectivity index (χ3n) is 5.69. The second kappa shape index (κ2) is 9.55. The van der Waals surface area contributed by atoms with Gasteiger partial charge in [-0.15, -0.1) is 11.3 Å². The zero-order valence-electron chi connectivity index (χ0n) is 16.2. The summed E-state index contributed by atoms with van der Waals surface area (Å²) >= 11 is 1.77. The standard InChI is InChI=1S/C19H33N5OS/c1-20-17(22-15-19(7-5-8-19)9-13-25-2)21-10-6-16-14-26-18(23-16)24-11-3-4-12-24/h14H,3-13,15H2,1-2H3,(H2,20,21,22). The van der Waals surface area contributed by atoms with Crippen molar-refractivity contribution in [3.63, 3.8) is 0 Å². The van der Waals surface area contributed by atoms with Gasteiger partial charge in [-0.25, -0.2) is 4.98 Å². The summed E-state index contributed by atoms with van der Waals surface area (Å²) in [5, 5.41) is 10.3. The molecule has 0 bridgehead atoms. The maximum absolute atomic E-state index is 5.28. The zero-order chi connectivity index (χ0) is 18.2. The molecule has 2 fully saturated rings. The molecule has 0 unspecified atom stereocenters. The van der Waals surface area contributed by atoms with Crippen LogP contribution in [0.5, 0.6) is 0 Å². The van der Waals surface area contributed by atoms with Crippen LogP contribution < -0.4 is 15.5 Å². The number of thiazole rings is 1. The minimum Gasteiger partial charge on any atom is -0.385 e. The van der Waals surface area contributed by atoms with E-state index in [9.17, 15) is 0 Å². The molecular formula is C19H33N5OS. The van der Waals surface area contributed by atoms with Gasteiger partial charge in [0, 0.05) is 58.7 Å². The lowest BCUT2D eigenvalue weighted by Crippen LogP contribution is -2.47. The van der Waals surface area contributed by atoms with Crippen LogP contribution in [0.4, 0.5) is 5.13 Å². The van der Waals surface area contributed by atoms with E-state index in [1.807, 2.05) is 7.05 Å². The summed E-state index contributed by atoms with van der Waals surface area (Å²) in [6.45, 7) is 5.00. The van der Waals surface area contributed by atoms with Gasteiger partial charge in [0.1, 0.15) is 0 Å². The first-order valence-corrected chi connectivity index (χ1v) is 10.8. The van der Waals surface area contributed by atoms with E-state index in [0.29, 0.717) is 5.41 Å². The van der Waals surface area contributed by atoms with E-state index in [-0.39, 0.29) is 0 Å². The predicted octanol–water partition coefficient (Wildman–Crippen LogP) is 2.66. The number of aliphatic imine (C=N–C) groups is 1. The summed E-state index contributed by atoms with van der Waals surface area (Å²) in [5.41, 5.74) is 1.57. The van der Waals surface area contributed by atoms with Crippen molar-refractivity contribution in [3.8, 4) is 0 Å². The molecule has 1 aliphatic heterocycles. The van der Waals surface area contributed by atoms with E-state index < -0.39 is 0 Å². The van der Waals surface area contributed by atoms with Gasteiger partial charge in [0.05, 0.1) is 5.69 Å². The molecule has 0 amide bonds. The summed E-state index contributed by atoms with van der Waals surface area (Å²) in [5.74, 6) is 0.892. The molecule has 0 radical (unpaired) electrons. The third kappa shape index (κ3) is 5.10. The van der Waals surface area contributed by atoms with Gasteiger partial charge in [0.25, 0.3) is 0 Å². The number of nitrogens with zero attached hydrogens (tertiary/aromatic N) is 3. The third-order valence-corrected chi connectivity index (χ3v) is 6.65. The Hall–Kier alpha value is -1.34. The number of guanidine groups is 1. The quantitative estimate of drug-likeness (QED) is 0.510. The molecule has 2 N–H and O–H groups in total. The van der Waals surface area contributed by atoms with Gasteiger partial charge >= 0.3 is 0 Å². The topological polar surface area (TPSA) is 61.8 Å². The van der Waals surface area contributed by atoms with Crippen molar-refractivity contribution in [2.45, 2.75) is 44.9 Å². The van der Waals surface area contributed by atoms with Gasteiger partial charge < -0.3 is 20.3 Å². The summed E-state index contributed by atoms with van der Waals surface area (Å²) in [6.07, 6.45) is 8.57. The molecule has 7 heteroatoms. The zero-order valence-corrected chi connectivity index (χ0v) is 17.0. The molecule has 6 nitrogen and oxygen atoms in total. The molecule has 26 heavy (non-hydrogen) atoms. The number of aromatic nitrogens is 1. The molecule has 1 aliphatic carbocycles. The van der Waals surface area contributed by atoms with Crippen LogP contribution in [0.1, 0.15) is 44.2 Å². The van der Waals surface area contributed by atoms with Crippen LogP contribution in [0.3, 0.4) is 0 Å². The molecule has 0 atom stereocenters. The number of anilines is 1. The fraction of sp³-hybridized carbons (Fsp3) is 0.789.